The third-order valence-electron chi connectivity index (χ3n) is 4.59. The van der Waals surface area contributed by atoms with Gasteiger partial charge in [0.05, 0.1) is 29.4 Å². The van der Waals surface area contributed by atoms with Gasteiger partial charge in [0, 0.05) is 24.0 Å². The number of aromatic carboxylic acids is 1. The van der Waals surface area contributed by atoms with E-state index in [1.54, 1.807) is 18.6 Å². The van der Waals surface area contributed by atoms with E-state index in [0.717, 1.165) is 16.8 Å². The standard InChI is InChI=1S/C22H16N6O3/c23-9-14-6-18(22(30)31)20(26-10-14)25-5-1-2-13-3-4-16-17(8-15-11-24-12-27-15)21(29)28-19(16)7-13/h1-4,6-8,10-12H,5H2,(H,24,27)(H,25,26)(H,28,29)(H,30,31). The summed E-state index contributed by atoms with van der Waals surface area (Å²) in [5, 5.41) is 24.0. The van der Waals surface area contributed by atoms with Crippen LogP contribution in [0.15, 0.2) is 49.1 Å². The molecule has 4 N–H and O–H groups in total. The molecular formula is C22H16N6O3. The number of amides is 1. The number of aromatic nitrogens is 3. The van der Waals surface area contributed by atoms with Gasteiger partial charge in [0.15, 0.2) is 0 Å². The number of nitrogens with zero attached hydrogens (tertiary/aromatic N) is 3. The van der Waals surface area contributed by atoms with E-state index in [9.17, 15) is 14.7 Å². The molecule has 2 aromatic heterocycles. The fraction of sp³-hybridized carbons (Fsp3) is 0.0455. The van der Waals surface area contributed by atoms with Crippen LogP contribution in [0.25, 0.3) is 17.7 Å². The van der Waals surface area contributed by atoms with Gasteiger partial charge in [-0.1, -0.05) is 24.3 Å². The normalized spacial score (nSPS) is 13.8. The van der Waals surface area contributed by atoms with Crippen molar-refractivity contribution in [3.05, 3.63) is 77.0 Å². The highest BCUT2D eigenvalue weighted by molar-refractivity contribution is 6.34. The Morgan fingerprint density at radius 2 is 2.16 bits per heavy atom. The van der Waals surface area contributed by atoms with Gasteiger partial charge in [0.25, 0.3) is 5.91 Å². The third kappa shape index (κ3) is 4.18. The summed E-state index contributed by atoms with van der Waals surface area (Å²) < 4.78 is 0. The molecule has 0 unspecified atom stereocenters. The lowest BCUT2D eigenvalue weighted by Gasteiger charge is -2.06. The monoisotopic (exact) mass is 412 g/mol. The lowest BCUT2D eigenvalue weighted by atomic mass is 10.0. The number of nitrogens with one attached hydrogen (secondary N) is 3. The van der Waals surface area contributed by atoms with Crippen molar-refractivity contribution in [2.75, 3.05) is 17.2 Å². The summed E-state index contributed by atoms with van der Waals surface area (Å²) in [7, 11) is 0. The minimum Gasteiger partial charge on any atom is -0.478 e. The molecule has 0 spiro atoms. The molecule has 9 nitrogen and oxygen atoms in total. The maximum absolute atomic E-state index is 12.3. The number of carbonyl (C=O) groups excluding carboxylic acids is 1. The fourth-order valence-corrected chi connectivity index (χ4v) is 3.14. The number of H-pyrrole nitrogens is 1. The number of imidazole rings is 1. The second-order valence-corrected chi connectivity index (χ2v) is 6.64. The van der Waals surface area contributed by atoms with Crippen LogP contribution >= 0.6 is 0 Å². The average Bonchev–Trinajstić information content (AvgIpc) is 3.39. The van der Waals surface area contributed by atoms with Crippen LogP contribution in [0.2, 0.25) is 0 Å². The van der Waals surface area contributed by atoms with Crippen molar-refractivity contribution in [1.29, 1.82) is 5.26 Å². The molecule has 1 aliphatic rings. The number of carbonyl (C=O) groups is 2. The molecule has 1 amide bonds. The van der Waals surface area contributed by atoms with Gasteiger partial charge in [-0.2, -0.15) is 5.26 Å². The Hall–Kier alpha value is -4.71. The molecule has 0 atom stereocenters. The summed E-state index contributed by atoms with van der Waals surface area (Å²) in [6.07, 6.45) is 9.91. The maximum Gasteiger partial charge on any atom is 0.339 e. The first-order chi connectivity index (χ1) is 15.0. The predicted molar refractivity (Wildman–Crippen MR) is 115 cm³/mol. The minimum atomic E-state index is -1.16. The van der Waals surface area contributed by atoms with Gasteiger partial charge in [-0.3, -0.25) is 4.79 Å². The number of hydrogen-bond donors (Lipinski definition) is 4. The van der Waals surface area contributed by atoms with E-state index < -0.39 is 5.97 Å². The first-order valence-corrected chi connectivity index (χ1v) is 9.25. The molecule has 4 rings (SSSR count). The van der Waals surface area contributed by atoms with Crippen LogP contribution < -0.4 is 10.6 Å². The quantitative estimate of drug-likeness (QED) is 0.456. The number of fused-ring (bicyclic) bond motifs is 1. The smallest absolute Gasteiger partial charge is 0.339 e. The van der Waals surface area contributed by atoms with Crippen molar-refractivity contribution in [1.82, 2.24) is 15.0 Å². The number of nitriles is 1. The molecule has 3 aromatic rings. The Bertz CT molecular complexity index is 1270. The summed E-state index contributed by atoms with van der Waals surface area (Å²) in [6, 6.07) is 8.76. The van der Waals surface area contributed by atoms with E-state index in [2.05, 4.69) is 25.6 Å². The molecule has 0 saturated heterocycles. The Kier molecular flexibility index (Phi) is 5.27. The summed E-state index contributed by atoms with van der Waals surface area (Å²) in [5.74, 6) is -1.16. The van der Waals surface area contributed by atoms with E-state index in [0.29, 0.717) is 17.8 Å². The van der Waals surface area contributed by atoms with Crippen LogP contribution in [-0.2, 0) is 4.79 Å². The largest absolute Gasteiger partial charge is 0.478 e. The first-order valence-electron chi connectivity index (χ1n) is 9.25. The molecule has 31 heavy (non-hydrogen) atoms. The van der Waals surface area contributed by atoms with Crippen LogP contribution in [0, 0.1) is 11.3 Å². The summed E-state index contributed by atoms with van der Waals surface area (Å²) >= 11 is 0. The Morgan fingerprint density at radius 3 is 2.90 bits per heavy atom. The number of carboxylic acid groups (broad SMARTS) is 1. The molecule has 0 fully saturated rings. The summed E-state index contributed by atoms with van der Waals surface area (Å²) in [6.45, 7) is 0.327. The molecule has 1 aliphatic heterocycles. The summed E-state index contributed by atoms with van der Waals surface area (Å²) in [5.41, 5.74) is 3.81. The number of carboxylic acids is 1. The molecule has 0 saturated carbocycles. The maximum atomic E-state index is 12.3. The van der Waals surface area contributed by atoms with E-state index in [-0.39, 0.29) is 22.9 Å². The SMILES string of the molecule is N#Cc1cnc(NCC=Cc2ccc3c(c2)NC(=O)C3=Cc2cnc[nH]2)c(C(=O)O)c1. The second kappa shape index (κ2) is 8.34. The number of hydrogen-bond acceptors (Lipinski definition) is 6. The van der Waals surface area contributed by atoms with Crippen LogP contribution in [-0.4, -0.2) is 38.5 Å². The van der Waals surface area contributed by atoms with Gasteiger partial charge < -0.3 is 20.7 Å². The molecule has 9 heteroatoms. The minimum absolute atomic E-state index is 0.0655. The highest BCUT2D eigenvalue weighted by Gasteiger charge is 2.24. The van der Waals surface area contributed by atoms with Crippen molar-refractivity contribution < 1.29 is 14.7 Å². The van der Waals surface area contributed by atoms with Crippen molar-refractivity contribution in [3.8, 4) is 6.07 Å². The van der Waals surface area contributed by atoms with Gasteiger partial charge in [-0.05, 0) is 23.8 Å². The molecule has 152 valence electrons. The fourth-order valence-electron chi connectivity index (χ4n) is 3.14. The average molecular weight is 412 g/mol. The predicted octanol–water partition coefficient (Wildman–Crippen LogP) is 2.99. The number of rotatable bonds is 6. The Morgan fingerprint density at radius 1 is 1.29 bits per heavy atom. The number of aromatic amines is 1. The Balaban J connectivity index is 1.46. The van der Waals surface area contributed by atoms with Crippen LogP contribution in [0.4, 0.5) is 11.5 Å². The van der Waals surface area contributed by atoms with Gasteiger partial charge in [0.1, 0.15) is 17.5 Å². The van der Waals surface area contributed by atoms with Gasteiger partial charge in [-0.25, -0.2) is 14.8 Å². The molecule has 0 aliphatic carbocycles. The lowest BCUT2D eigenvalue weighted by Crippen LogP contribution is -2.08. The Labute approximate surface area is 176 Å². The van der Waals surface area contributed by atoms with Crippen molar-refractivity contribution >= 4 is 41.1 Å². The number of pyridine rings is 1. The van der Waals surface area contributed by atoms with Gasteiger partial charge in [-0.15, -0.1) is 0 Å². The highest BCUT2D eigenvalue weighted by Crippen LogP contribution is 2.33. The second-order valence-electron chi connectivity index (χ2n) is 6.64. The zero-order chi connectivity index (χ0) is 21.8. The number of benzene rings is 1. The van der Waals surface area contributed by atoms with Crippen LogP contribution in [0.5, 0.6) is 0 Å². The van der Waals surface area contributed by atoms with Crippen molar-refractivity contribution in [3.63, 3.8) is 0 Å². The lowest BCUT2D eigenvalue weighted by molar-refractivity contribution is -0.110. The van der Waals surface area contributed by atoms with E-state index >= 15 is 0 Å². The van der Waals surface area contributed by atoms with E-state index in [4.69, 9.17) is 5.26 Å². The van der Waals surface area contributed by atoms with Crippen LogP contribution in [0.1, 0.15) is 32.7 Å². The zero-order valence-corrected chi connectivity index (χ0v) is 16.1. The molecule has 3 heterocycles. The molecular weight excluding hydrogens is 396 g/mol. The highest BCUT2D eigenvalue weighted by atomic mass is 16.4. The van der Waals surface area contributed by atoms with E-state index in [1.807, 2.05) is 36.4 Å². The molecule has 1 aromatic carbocycles. The van der Waals surface area contributed by atoms with Gasteiger partial charge >= 0.3 is 5.97 Å². The first kappa shape index (κ1) is 19.6. The van der Waals surface area contributed by atoms with Crippen molar-refractivity contribution in [2.45, 2.75) is 0 Å². The summed E-state index contributed by atoms with van der Waals surface area (Å²) in [4.78, 5) is 34.6. The van der Waals surface area contributed by atoms with Gasteiger partial charge in [0.2, 0.25) is 0 Å². The molecule has 0 bridgehead atoms. The third-order valence-corrected chi connectivity index (χ3v) is 4.59. The van der Waals surface area contributed by atoms with Crippen LogP contribution in [0.3, 0.4) is 0 Å². The molecule has 0 radical (unpaired) electrons. The van der Waals surface area contributed by atoms with E-state index in [1.165, 1.54) is 12.3 Å². The topological polar surface area (TPSA) is 144 Å². The van der Waals surface area contributed by atoms with Crippen molar-refractivity contribution in [2.24, 2.45) is 0 Å². The zero-order valence-electron chi connectivity index (χ0n) is 16.1. The number of anilines is 2.